The molecular weight excluding hydrogens is 476 g/mol. The van der Waals surface area contributed by atoms with Crippen LogP contribution in [0.3, 0.4) is 0 Å². The number of ether oxygens (including phenoxy) is 1. The van der Waals surface area contributed by atoms with E-state index < -0.39 is 4.92 Å². The van der Waals surface area contributed by atoms with Gasteiger partial charge >= 0.3 is 0 Å². The second kappa shape index (κ2) is 9.43. The summed E-state index contributed by atoms with van der Waals surface area (Å²) >= 11 is 5.80. The van der Waals surface area contributed by atoms with Gasteiger partial charge in [-0.2, -0.15) is 0 Å². The Kier molecular flexibility index (Phi) is 6.15. The molecule has 1 saturated heterocycles. The van der Waals surface area contributed by atoms with Crippen molar-refractivity contribution >= 4 is 28.7 Å². The molecule has 2 atom stereocenters. The number of nitro groups is 1. The normalized spacial score (nSPS) is 17.2. The van der Waals surface area contributed by atoms with Gasteiger partial charge in [0.15, 0.2) is 5.11 Å². The molecule has 1 aliphatic rings. The van der Waals surface area contributed by atoms with E-state index in [0.29, 0.717) is 27.9 Å². The number of rotatable bonds is 6. The molecule has 0 amide bonds. The van der Waals surface area contributed by atoms with Gasteiger partial charge in [0.25, 0.3) is 5.69 Å². The van der Waals surface area contributed by atoms with Gasteiger partial charge in [0.05, 0.1) is 35.4 Å². The van der Waals surface area contributed by atoms with E-state index in [2.05, 4.69) is 47.2 Å². The first-order valence-corrected chi connectivity index (χ1v) is 11.8. The van der Waals surface area contributed by atoms with Gasteiger partial charge in [-0.25, -0.2) is 0 Å². The average molecular weight is 501 g/mol. The van der Waals surface area contributed by atoms with Gasteiger partial charge in [-0.05, 0) is 79.7 Å². The van der Waals surface area contributed by atoms with Crippen LogP contribution in [0.5, 0.6) is 5.75 Å². The zero-order valence-corrected chi connectivity index (χ0v) is 20.8. The first-order chi connectivity index (χ1) is 17.4. The summed E-state index contributed by atoms with van der Waals surface area (Å²) in [6.45, 7) is 4.11. The van der Waals surface area contributed by atoms with Crippen molar-refractivity contribution in [3.63, 3.8) is 0 Å². The SMILES string of the molecule is COc1cc([N+](=O)[O-])ccc1-c1ccc([C@H]2[C@@H](c3ccccn3)NC(=S)N2c2cc(C)cc(C)c2)o1. The fourth-order valence-electron chi connectivity index (χ4n) is 4.67. The Hall–Kier alpha value is -4.24. The molecule has 3 heterocycles. The van der Waals surface area contributed by atoms with Gasteiger partial charge in [-0.1, -0.05) is 12.1 Å². The number of pyridine rings is 1. The highest BCUT2D eigenvalue weighted by atomic mass is 32.1. The van der Waals surface area contributed by atoms with Crippen LogP contribution in [0.4, 0.5) is 11.4 Å². The second-order valence-corrected chi connectivity index (χ2v) is 9.07. The molecule has 2 aromatic carbocycles. The Bertz CT molecular complexity index is 1430. The fraction of sp³-hybridized carbons (Fsp3) is 0.185. The average Bonchev–Trinajstić information content (AvgIpc) is 3.48. The molecule has 0 saturated carbocycles. The van der Waals surface area contributed by atoms with Crippen molar-refractivity contribution in [2.24, 2.45) is 0 Å². The van der Waals surface area contributed by atoms with E-state index in [1.165, 1.54) is 19.2 Å². The maximum Gasteiger partial charge on any atom is 0.273 e. The quantitative estimate of drug-likeness (QED) is 0.194. The first-order valence-electron chi connectivity index (χ1n) is 11.4. The molecular formula is C27H24N4O4S. The van der Waals surface area contributed by atoms with Crippen molar-refractivity contribution in [1.29, 1.82) is 0 Å². The van der Waals surface area contributed by atoms with Gasteiger partial charge < -0.3 is 19.4 Å². The van der Waals surface area contributed by atoms with Crippen LogP contribution in [0, 0.1) is 24.0 Å². The minimum Gasteiger partial charge on any atom is -0.496 e. The lowest BCUT2D eigenvalue weighted by Gasteiger charge is -2.26. The Morgan fingerprint density at radius 3 is 2.53 bits per heavy atom. The summed E-state index contributed by atoms with van der Waals surface area (Å²) in [5, 5.41) is 15.2. The number of non-ortho nitro benzene ring substituents is 1. The fourth-order valence-corrected chi connectivity index (χ4v) is 5.01. The predicted octanol–water partition coefficient (Wildman–Crippen LogP) is 6.05. The number of hydrogen-bond acceptors (Lipinski definition) is 6. The van der Waals surface area contributed by atoms with Crippen molar-refractivity contribution in [2.75, 3.05) is 12.0 Å². The number of aryl methyl sites for hydroxylation is 2. The molecule has 0 bridgehead atoms. The van der Waals surface area contributed by atoms with Crippen molar-refractivity contribution in [3.05, 3.63) is 106 Å². The third-order valence-electron chi connectivity index (χ3n) is 6.16. The number of furan rings is 1. The van der Waals surface area contributed by atoms with Crippen molar-refractivity contribution in [2.45, 2.75) is 25.9 Å². The summed E-state index contributed by atoms with van der Waals surface area (Å²) in [7, 11) is 1.48. The first kappa shape index (κ1) is 23.5. The smallest absolute Gasteiger partial charge is 0.273 e. The van der Waals surface area contributed by atoms with E-state index in [-0.39, 0.29) is 17.8 Å². The second-order valence-electron chi connectivity index (χ2n) is 8.69. The number of nitrogens with one attached hydrogen (secondary N) is 1. The number of aromatic nitrogens is 1. The zero-order chi connectivity index (χ0) is 25.4. The summed E-state index contributed by atoms with van der Waals surface area (Å²) in [5.74, 6) is 1.57. The van der Waals surface area contributed by atoms with Crippen LogP contribution >= 0.6 is 12.2 Å². The summed E-state index contributed by atoms with van der Waals surface area (Å²) in [6, 6.07) is 19.7. The molecule has 2 aromatic heterocycles. The summed E-state index contributed by atoms with van der Waals surface area (Å²) < 4.78 is 11.8. The predicted molar refractivity (Wildman–Crippen MR) is 141 cm³/mol. The monoisotopic (exact) mass is 500 g/mol. The molecule has 0 spiro atoms. The number of methoxy groups -OCH3 is 1. The van der Waals surface area contributed by atoms with Gasteiger partial charge in [0.1, 0.15) is 23.3 Å². The van der Waals surface area contributed by atoms with Crippen LogP contribution < -0.4 is 15.0 Å². The van der Waals surface area contributed by atoms with Crippen LogP contribution in [-0.4, -0.2) is 22.1 Å². The maximum absolute atomic E-state index is 11.2. The third-order valence-corrected chi connectivity index (χ3v) is 6.48. The van der Waals surface area contributed by atoms with E-state index in [1.807, 2.05) is 30.3 Å². The highest BCUT2D eigenvalue weighted by molar-refractivity contribution is 7.80. The molecule has 0 aliphatic carbocycles. The lowest BCUT2D eigenvalue weighted by Crippen LogP contribution is -2.29. The molecule has 0 unspecified atom stereocenters. The number of benzene rings is 2. The third kappa shape index (κ3) is 4.29. The molecule has 1 aliphatic heterocycles. The minimum absolute atomic E-state index is 0.0519. The number of nitro benzene ring substituents is 1. The van der Waals surface area contributed by atoms with Crippen LogP contribution in [-0.2, 0) is 0 Å². The van der Waals surface area contributed by atoms with E-state index in [0.717, 1.165) is 22.5 Å². The van der Waals surface area contributed by atoms with Gasteiger partial charge in [-0.3, -0.25) is 15.1 Å². The van der Waals surface area contributed by atoms with Crippen LogP contribution in [0.1, 0.15) is 34.7 Å². The summed E-state index contributed by atoms with van der Waals surface area (Å²) in [4.78, 5) is 17.4. The van der Waals surface area contributed by atoms with Gasteiger partial charge in [0, 0.05) is 18.0 Å². The molecule has 0 radical (unpaired) electrons. The Labute approximate surface area is 213 Å². The zero-order valence-electron chi connectivity index (χ0n) is 20.0. The van der Waals surface area contributed by atoms with E-state index in [4.69, 9.17) is 21.4 Å². The number of thiocarbonyl (C=S) groups is 1. The summed E-state index contributed by atoms with van der Waals surface area (Å²) in [5.41, 5.74) is 4.62. The molecule has 5 rings (SSSR count). The molecule has 182 valence electrons. The largest absolute Gasteiger partial charge is 0.496 e. The standard InChI is InChI=1S/C27H24N4O4S/c1-16-12-17(2)14-19(13-16)30-26(25(29-27(30)36)21-6-4-5-11-28-21)23-10-9-22(35-23)20-8-7-18(31(32)33)15-24(20)34-3/h4-15,25-26H,1-3H3,(H,29,36)/t25-,26+/m1/s1. The molecule has 8 nitrogen and oxygen atoms in total. The molecule has 4 aromatic rings. The van der Waals surface area contributed by atoms with Gasteiger partial charge in [-0.15, -0.1) is 0 Å². The highest BCUT2D eigenvalue weighted by Crippen LogP contribution is 2.44. The minimum atomic E-state index is -0.454. The Balaban J connectivity index is 1.61. The van der Waals surface area contributed by atoms with Crippen LogP contribution in [0.2, 0.25) is 0 Å². The number of anilines is 1. The molecule has 1 N–H and O–H groups in total. The molecule has 1 fully saturated rings. The lowest BCUT2D eigenvalue weighted by molar-refractivity contribution is -0.384. The van der Waals surface area contributed by atoms with Gasteiger partial charge in [0.2, 0.25) is 0 Å². The molecule has 36 heavy (non-hydrogen) atoms. The number of hydrogen-bond donors (Lipinski definition) is 1. The van der Waals surface area contributed by atoms with E-state index in [9.17, 15) is 10.1 Å². The highest BCUT2D eigenvalue weighted by Gasteiger charge is 2.42. The van der Waals surface area contributed by atoms with Crippen molar-refractivity contribution in [1.82, 2.24) is 10.3 Å². The lowest BCUT2D eigenvalue weighted by atomic mass is 10.0. The van der Waals surface area contributed by atoms with E-state index >= 15 is 0 Å². The summed E-state index contributed by atoms with van der Waals surface area (Å²) in [6.07, 6.45) is 1.76. The van der Waals surface area contributed by atoms with Crippen molar-refractivity contribution < 1.29 is 14.1 Å². The van der Waals surface area contributed by atoms with Crippen LogP contribution in [0.15, 0.2) is 77.3 Å². The molecule has 9 heteroatoms. The Morgan fingerprint density at radius 1 is 1.08 bits per heavy atom. The Morgan fingerprint density at radius 2 is 1.86 bits per heavy atom. The van der Waals surface area contributed by atoms with E-state index in [1.54, 1.807) is 12.3 Å². The topological polar surface area (TPSA) is 93.7 Å². The maximum atomic E-state index is 11.2. The van der Waals surface area contributed by atoms with Crippen LogP contribution in [0.25, 0.3) is 11.3 Å². The number of nitrogens with zero attached hydrogens (tertiary/aromatic N) is 3. The van der Waals surface area contributed by atoms with Crippen molar-refractivity contribution in [3.8, 4) is 17.1 Å².